The van der Waals surface area contributed by atoms with E-state index < -0.39 is 0 Å². The molecule has 2 rings (SSSR count). The van der Waals surface area contributed by atoms with Crippen LogP contribution in [0.2, 0.25) is 0 Å². The summed E-state index contributed by atoms with van der Waals surface area (Å²) in [6.07, 6.45) is 9.60. The summed E-state index contributed by atoms with van der Waals surface area (Å²) in [5.74, 6) is 1.05. The van der Waals surface area contributed by atoms with E-state index in [9.17, 15) is 4.79 Å². The maximum Gasteiger partial charge on any atom is 0.163 e. The van der Waals surface area contributed by atoms with Gasteiger partial charge in [0.2, 0.25) is 0 Å². The molecule has 64 valence electrons. The molecule has 2 aliphatic carbocycles. The fourth-order valence-electron chi connectivity index (χ4n) is 2.04. The number of hydrogen-bond donors (Lipinski definition) is 0. The second-order valence-electron chi connectivity index (χ2n) is 3.66. The quantitative estimate of drug-likeness (QED) is 0.583. The maximum atomic E-state index is 11.3. The Hall–Kier alpha value is -0.850. The lowest BCUT2D eigenvalue weighted by molar-refractivity contribution is -0.117. The van der Waals surface area contributed by atoms with Gasteiger partial charge in [-0.05, 0) is 18.9 Å². The molecular formula is C11H14O. The standard InChI is InChI=1S/C11H14O/c1-2-3-4-8-7-9-5-6-10(12)11(8)9/h5-7,9,11H,2-4H2,1H3/t9-,11+/m0/s1. The zero-order valence-electron chi connectivity index (χ0n) is 7.42. The number of rotatable bonds is 3. The van der Waals surface area contributed by atoms with Crippen LogP contribution in [0.15, 0.2) is 23.8 Å². The molecule has 0 N–H and O–H groups in total. The summed E-state index contributed by atoms with van der Waals surface area (Å²) in [7, 11) is 0. The van der Waals surface area contributed by atoms with Crippen LogP contribution in [0.3, 0.4) is 0 Å². The van der Waals surface area contributed by atoms with Crippen molar-refractivity contribution in [3.63, 3.8) is 0 Å². The van der Waals surface area contributed by atoms with E-state index in [4.69, 9.17) is 0 Å². The first kappa shape index (κ1) is 7.78. The number of allylic oxidation sites excluding steroid dienone is 4. The van der Waals surface area contributed by atoms with E-state index in [1.54, 1.807) is 6.08 Å². The van der Waals surface area contributed by atoms with Gasteiger partial charge in [0.1, 0.15) is 0 Å². The second kappa shape index (κ2) is 2.89. The molecule has 2 atom stereocenters. The second-order valence-corrected chi connectivity index (χ2v) is 3.66. The zero-order chi connectivity index (χ0) is 8.55. The Morgan fingerprint density at radius 2 is 2.33 bits per heavy atom. The molecule has 2 aliphatic rings. The molecular weight excluding hydrogens is 148 g/mol. The minimum absolute atomic E-state index is 0.261. The number of hydrogen-bond acceptors (Lipinski definition) is 1. The first-order valence-electron chi connectivity index (χ1n) is 4.75. The highest BCUT2D eigenvalue weighted by Gasteiger charge is 2.38. The Morgan fingerprint density at radius 1 is 1.50 bits per heavy atom. The normalized spacial score (nSPS) is 31.4. The number of ketones is 1. The van der Waals surface area contributed by atoms with Crippen LogP contribution in [0.4, 0.5) is 0 Å². The van der Waals surface area contributed by atoms with Gasteiger partial charge in [-0.1, -0.05) is 31.1 Å². The average molecular weight is 162 g/mol. The van der Waals surface area contributed by atoms with E-state index in [0.29, 0.717) is 11.7 Å². The van der Waals surface area contributed by atoms with Crippen LogP contribution in [0.25, 0.3) is 0 Å². The monoisotopic (exact) mass is 162 g/mol. The molecule has 0 spiro atoms. The summed E-state index contributed by atoms with van der Waals surface area (Å²) >= 11 is 0. The lowest BCUT2D eigenvalue weighted by Gasteiger charge is -2.28. The third kappa shape index (κ3) is 1.04. The Labute approximate surface area is 73.2 Å². The van der Waals surface area contributed by atoms with Gasteiger partial charge in [-0.15, -0.1) is 0 Å². The molecule has 0 saturated carbocycles. The predicted molar refractivity (Wildman–Crippen MR) is 48.7 cm³/mol. The Bertz CT molecular complexity index is 260. The minimum Gasteiger partial charge on any atom is -0.294 e. The van der Waals surface area contributed by atoms with Gasteiger partial charge < -0.3 is 0 Å². The fraction of sp³-hybridized carbons (Fsp3) is 0.545. The van der Waals surface area contributed by atoms with E-state index in [2.05, 4.69) is 13.0 Å². The first-order chi connectivity index (χ1) is 5.83. The number of carbonyl (C=O) groups is 1. The van der Waals surface area contributed by atoms with E-state index in [1.165, 1.54) is 18.4 Å². The first-order valence-corrected chi connectivity index (χ1v) is 4.75. The van der Waals surface area contributed by atoms with Gasteiger partial charge in [0.25, 0.3) is 0 Å². The van der Waals surface area contributed by atoms with Gasteiger partial charge in [-0.25, -0.2) is 0 Å². The van der Waals surface area contributed by atoms with Crippen LogP contribution in [0, 0.1) is 11.8 Å². The summed E-state index contributed by atoms with van der Waals surface area (Å²) in [6.45, 7) is 2.19. The van der Waals surface area contributed by atoms with Gasteiger partial charge in [0.15, 0.2) is 5.78 Å². The van der Waals surface area contributed by atoms with E-state index in [-0.39, 0.29) is 5.92 Å². The van der Waals surface area contributed by atoms with Crippen molar-refractivity contribution in [2.75, 3.05) is 0 Å². The SMILES string of the molecule is CCCCC1=C[C@@H]2C=CC(=O)[C@H]12. The van der Waals surface area contributed by atoms with Crippen LogP contribution >= 0.6 is 0 Å². The summed E-state index contributed by atoms with van der Waals surface area (Å²) in [6, 6.07) is 0. The highest BCUT2D eigenvalue weighted by Crippen LogP contribution is 2.41. The van der Waals surface area contributed by atoms with Crippen LogP contribution < -0.4 is 0 Å². The number of unbranched alkanes of at least 4 members (excludes halogenated alkanes) is 1. The van der Waals surface area contributed by atoms with Gasteiger partial charge in [-0.2, -0.15) is 0 Å². The van der Waals surface area contributed by atoms with Crippen LogP contribution in [0.1, 0.15) is 26.2 Å². The summed E-state index contributed by atoms with van der Waals surface area (Å²) in [5, 5.41) is 0. The van der Waals surface area contributed by atoms with E-state index in [0.717, 1.165) is 6.42 Å². The van der Waals surface area contributed by atoms with Gasteiger partial charge in [0.05, 0.1) is 5.92 Å². The van der Waals surface area contributed by atoms with Crippen molar-refractivity contribution in [3.8, 4) is 0 Å². The third-order valence-corrected chi connectivity index (χ3v) is 2.80. The van der Waals surface area contributed by atoms with Gasteiger partial charge >= 0.3 is 0 Å². The van der Waals surface area contributed by atoms with Crippen LogP contribution in [-0.4, -0.2) is 5.78 Å². The Morgan fingerprint density at radius 3 is 3.00 bits per heavy atom. The molecule has 0 aromatic heterocycles. The smallest absolute Gasteiger partial charge is 0.163 e. The molecule has 0 amide bonds. The van der Waals surface area contributed by atoms with Crippen molar-refractivity contribution >= 4 is 5.78 Å². The predicted octanol–water partition coefficient (Wildman–Crippen LogP) is 2.49. The highest BCUT2D eigenvalue weighted by molar-refractivity contribution is 5.98. The molecule has 0 aromatic carbocycles. The summed E-state index contributed by atoms with van der Waals surface area (Å²) in [4.78, 5) is 11.3. The lowest BCUT2D eigenvalue weighted by Crippen LogP contribution is -2.25. The van der Waals surface area contributed by atoms with Gasteiger partial charge in [0, 0.05) is 5.92 Å². The molecule has 0 aromatic rings. The fourth-order valence-corrected chi connectivity index (χ4v) is 2.04. The third-order valence-electron chi connectivity index (χ3n) is 2.80. The van der Waals surface area contributed by atoms with Crippen molar-refractivity contribution in [1.29, 1.82) is 0 Å². The number of fused-ring (bicyclic) bond motifs is 1. The van der Waals surface area contributed by atoms with E-state index >= 15 is 0 Å². The molecule has 1 heteroatoms. The highest BCUT2D eigenvalue weighted by atomic mass is 16.1. The summed E-state index contributed by atoms with van der Waals surface area (Å²) < 4.78 is 0. The van der Waals surface area contributed by atoms with E-state index in [1.807, 2.05) is 6.08 Å². The summed E-state index contributed by atoms with van der Waals surface area (Å²) in [5.41, 5.74) is 1.39. The number of carbonyl (C=O) groups excluding carboxylic acids is 1. The topological polar surface area (TPSA) is 17.1 Å². The zero-order valence-corrected chi connectivity index (χ0v) is 7.42. The largest absolute Gasteiger partial charge is 0.294 e. The molecule has 0 saturated heterocycles. The molecule has 0 bridgehead atoms. The lowest BCUT2D eigenvalue weighted by atomic mass is 9.74. The van der Waals surface area contributed by atoms with Crippen molar-refractivity contribution in [2.24, 2.45) is 11.8 Å². The minimum atomic E-state index is 0.261. The van der Waals surface area contributed by atoms with Crippen molar-refractivity contribution < 1.29 is 4.79 Å². The average Bonchev–Trinajstić information content (AvgIpc) is 2.27. The van der Waals surface area contributed by atoms with Crippen molar-refractivity contribution in [3.05, 3.63) is 23.8 Å². The molecule has 1 nitrogen and oxygen atoms in total. The molecule has 0 radical (unpaired) electrons. The molecule has 0 unspecified atom stereocenters. The van der Waals surface area contributed by atoms with Crippen LogP contribution in [-0.2, 0) is 4.79 Å². The van der Waals surface area contributed by atoms with Gasteiger partial charge in [-0.3, -0.25) is 4.79 Å². The van der Waals surface area contributed by atoms with Crippen molar-refractivity contribution in [1.82, 2.24) is 0 Å². The molecule has 0 aliphatic heterocycles. The van der Waals surface area contributed by atoms with Crippen molar-refractivity contribution in [2.45, 2.75) is 26.2 Å². The molecule has 12 heavy (non-hydrogen) atoms. The maximum absolute atomic E-state index is 11.3. The van der Waals surface area contributed by atoms with Crippen LogP contribution in [0.5, 0.6) is 0 Å². The Kier molecular flexibility index (Phi) is 1.87. The molecule has 0 fully saturated rings. The Balaban J connectivity index is 1.96. The molecule has 0 heterocycles.